The van der Waals surface area contributed by atoms with E-state index in [-0.39, 0.29) is 18.5 Å². The van der Waals surface area contributed by atoms with Gasteiger partial charge < -0.3 is 15.7 Å². The highest BCUT2D eigenvalue weighted by molar-refractivity contribution is 5.83. The highest BCUT2D eigenvalue weighted by atomic mass is 16.4. The molecule has 1 aliphatic heterocycles. The van der Waals surface area contributed by atoms with E-state index in [2.05, 4.69) is 10.6 Å². The van der Waals surface area contributed by atoms with Gasteiger partial charge in [-0.25, -0.2) is 0 Å². The maximum absolute atomic E-state index is 12.0. The van der Waals surface area contributed by atoms with E-state index in [0.717, 1.165) is 45.1 Å². The van der Waals surface area contributed by atoms with Crippen LogP contribution in [-0.4, -0.2) is 36.1 Å². The monoisotopic (exact) mass is 268 g/mol. The zero-order chi connectivity index (χ0) is 13.7. The van der Waals surface area contributed by atoms with E-state index in [0.29, 0.717) is 12.8 Å². The molecule has 0 spiro atoms. The molecular formula is C14H24N2O3. The van der Waals surface area contributed by atoms with Crippen LogP contribution in [0.25, 0.3) is 0 Å². The lowest BCUT2D eigenvalue weighted by Crippen LogP contribution is -2.51. The van der Waals surface area contributed by atoms with Crippen LogP contribution in [0, 0.1) is 5.41 Å². The summed E-state index contributed by atoms with van der Waals surface area (Å²) >= 11 is 0. The van der Waals surface area contributed by atoms with E-state index in [9.17, 15) is 14.7 Å². The van der Waals surface area contributed by atoms with Crippen LogP contribution in [0.3, 0.4) is 0 Å². The molecule has 5 nitrogen and oxygen atoms in total. The fraction of sp³-hybridized carbons (Fsp3) is 0.857. The first-order chi connectivity index (χ1) is 9.14. The predicted octanol–water partition coefficient (Wildman–Crippen LogP) is 1.28. The van der Waals surface area contributed by atoms with Crippen molar-refractivity contribution in [3.05, 3.63) is 0 Å². The molecule has 5 heteroatoms. The van der Waals surface area contributed by atoms with Gasteiger partial charge in [-0.2, -0.15) is 0 Å². The summed E-state index contributed by atoms with van der Waals surface area (Å²) in [7, 11) is 0. The third kappa shape index (κ3) is 3.47. The number of hydrogen-bond donors (Lipinski definition) is 3. The topological polar surface area (TPSA) is 78.4 Å². The van der Waals surface area contributed by atoms with Crippen molar-refractivity contribution in [3.63, 3.8) is 0 Å². The third-order valence-electron chi connectivity index (χ3n) is 4.49. The molecular weight excluding hydrogens is 244 g/mol. The third-order valence-corrected chi connectivity index (χ3v) is 4.49. The highest BCUT2D eigenvalue weighted by Crippen LogP contribution is 2.36. The minimum Gasteiger partial charge on any atom is -0.481 e. The smallest absolute Gasteiger partial charge is 0.311 e. The summed E-state index contributed by atoms with van der Waals surface area (Å²) in [6.07, 6.45) is 7.40. The zero-order valence-electron chi connectivity index (χ0n) is 11.4. The minimum atomic E-state index is -0.760. The van der Waals surface area contributed by atoms with Crippen molar-refractivity contribution in [3.8, 4) is 0 Å². The van der Waals surface area contributed by atoms with E-state index in [1.807, 2.05) is 0 Å². The van der Waals surface area contributed by atoms with Gasteiger partial charge in [0, 0.05) is 6.54 Å². The Labute approximate surface area is 114 Å². The average Bonchev–Trinajstić information content (AvgIpc) is 2.46. The maximum atomic E-state index is 12.0. The molecule has 0 bridgehead atoms. The van der Waals surface area contributed by atoms with Crippen LogP contribution in [-0.2, 0) is 9.59 Å². The number of aliphatic carboxylic acids is 1. The summed E-state index contributed by atoms with van der Waals surface area (Å²) in [5.41, 5.74) is -0.734. The number of hydrogen-bond acceptors (Lipinski definition) is 3. The molecule has 0 aromatic carbocycles. The van der Waals surface area contributed by atoms with Crippen molar-refractivity contribution in [1.82, 2.24) is 10.6 Å². The largest absolute Gasteiger partial charge is 0.481 e. The molecule has 108 valence electrons. The van der Waals surface area contributed by atoms with Crippen molar-refractivity contribution in [2.45, 2.75) is 57.4 Å². The SMILES string of the molecule is O=C(NCC1(C(=O)O)CCCCC1)C1CCCCN1. The molecule has 3 N–H and O–H groups in total. The van der Waals surface area contributed by atoms with Crippen LogP contribution in [0.2, 0.25) is 0 Å². The standard InChI is InChI=1S/C14H24N2O3/c17-12(11-6-2-5-9-15-11)16-10-14(13(18)19)7-3-1-4-8-14/h11,15H,1-10H2,(H,16,17)(H,18,19). The first kappa shape index (κ1) is 14.3. The lowest BCUT2D eigenvalue weighted by atomic mass is 9.74. The van der Waals surface area contributed by atoms with Crippen molar-refractivity contribution < 1.29 is 14.7 Å². The fourth-order valence-electron chi connectivity index (χ4n) is 3.15. The van der Waals surface area contributed by atoms with Gasteiger partial charge in [0.25, 0.3) is 0 Å². The second kappa shape index (κ2) is 6.37. The van der Waals surface area contributed by atoms with E-state index in [1.165, 1.54) is 0 Å². The van der Waals surface area contributed by atoms with E-state index in [4.69, 9.17) is 0 Å². The van der Waals surface area contributed by atoms with Gasteiger partial charge >= 0.3 is 5.97 Å². The van der Waals surface area contributed by atoms with E-state index >= 15 is 0 Å². The normalized spacial score (nSPS) is 26.6. The van der Waals surface area contributed by atoms with Gasteiger partial charge in [-0.05, 0) is 32.2 Å². The summed E-state index contributed by atoms with van der Waals surface area (Å²) < 4.78 is 0. The van der Waals surface area contributed by atoms with Gasteiger partial charge in [0.2, 0.25) is 5.91 Å². The average molecular weight is 268 g/mol. The Morgan fingerprint density at radius 1 is 1.16 bits per heavy atom. The zero-order valence-corrected chi connectivity index (χ0v) is 11.4. The Bertz CT molecular complexity index is 332. The van der Waals surface area contributed by atoms with Crippen LogP contribution >= 0.6 is 0 Å². The number of carbonyl (C=O) groups is 2. The molecule has 0 radical (unpaired) electrons. The predicted molar refractivity (Wildman–Crippen MR) is 71.8 cm³/mol. The van der Waals surface area contributed by atoms with Gasteiger partial charge in [0.1, 0.15) is 0 Å². The molecule has 0 aromatic rings. The molecule has 1 saturated carbocycles. The number of carboxylic acid groups (broad SMARTS) is 1. The van der Waals surface area contributed by atoms with Crippen LogP contribution in [0.5, 0.6) is 0 Å². The molecule has 19 heavy (non-hydrogen) atoms. The van der Waals surface area contributed by atoms with Crippen molar-refractivity contribution in [2.75, 3.05) is 13.1 Å². The summed E-state index contributed by atoms with van der Waals surface area (Å²) in [5.74, 6) is -0.796. The number of amides is 1. The Morgan fingerprint density at radius 2 is 1.89 bits per heavy atom. The van der Waals surface area contributed by atoms with Crippen LogP contribution in [0.15, 0.2) is 0 Å². The Morgan fingerprint density at radius 3 is 2.47 bits per heavy atom. The number of carboxylic acids is 1. The van der Waals surface area contributed by atoms with E-state index in [1.54, 1.807) is 0 Å². The molecule has 1 unspecified atom stereocenters. The molecule has 0 aromatic heterocycles. The second-order valence-electron chi connectivity index (χ2n) is 5.87. The highest BCUT2D eigenvalue weighted by Gasteiger charge is 2.40. The van der Waals surface area contributed by atoms with Crippen molar-refractivity contribution >= 4 is 11.9 Å². The summed E-state index contributed by atoms with van der Waals surface area (Å²) in [5, 5.41) is 15.5. The van der Waals surface area contributed by atoms with Crippen molar-refractivity contribution in [2.24, 2.45) is 5.41 Å². The Hall–Kier alpha value is -1.10. The molecule has 1 heterocycles. The Balaban J connectivity index is 1.87. The second-order valence-corrected chi connectivity index (χ2v) is 5.87. The Kier molecular flexibility index (Phi) is 4.80. The quantitative estimate of drug-likeness (QED) is 0.717. The van der Waals surface area contributed by atoms with Crippen LogP contribution in [0.1, 0.15) is 51.4 Å². The maximum Gasteiger partial charge on any atom is 0.311 e. The van der Waals surface area contributed by atoms with Gasteiger partial charge in [0.05, 0.1) is 11.5 Å². The van der Waals surface area contributed by atoms with Gasteiger partial charge in [-0.15, -0.1) is 0 Å². The number of rotatable bonds is 4. The molecule has 2 rings (SSSR count). The van der Waals surface area contributed by atoms with Crippen molar-refractivity contribution in [1.29, 1.82) is 0 Å². The van der Waals surface area contributed by atoms with Gasteiger partial charge in [-0.3, -0.25) is 9.59 Å². The molecule has 1 aliphatic carbocycles. The fourth-order valence-corrected chi connectivity index (χ4v) is 3.15. The first-order valence-electron chi connectivity index (χ1n) is 7.39. The van der Waals surface area contributed by atoms with Crippen LogP contribution in [0.4, 0.5) is 0 Å². The van der Waals surface area contributed by atoms with Gasteiger partial charge in [0.15, 0.2) is 0 Å². The van der Waals surface area contributed by atoms with E-state index < -0.39 is 11.4 Å². The number of carbonyl (C=O) groups excluding carboxylic acids is 1. The lowest BCUT2D eigenvalue weighted by molar-refractivity contribution is -0.151. The molecule has 1 atom stereocenters. The van der Waals surface area contributed by atoms with Gasteiger partial charge in [-0.1, -0.05) is 25.7 Å². The molecule has 1 amide bonds. The summed E-state index contributed by atoms with van der Waals surface area (Å²) in [4.78, 5) is 23.5. The summed E-state index contributed by atoms with van der Waals surface area (Å²) in [6, 6.07) is -0.136. The first-order valence-corrected chi connectivity index (χ1v) is 7.39. The van der Waals surface area contributed by atoms with Crippen LogP contribution < -0.4 is 10.6 Å². The molecule has 1 saturated heterocycles. The number of piperidine rings is 1. The summed E-state index contributed by atoms with van der Waals surface area (Å²) in [6.45, 7) is 1.15. The molecule has 2 fully saturated rings. The lowest BCUT2D eigenvalue weighted by Gasteiger charge is -2.34. The molecule has 2 aliphatic rings. The minimum absolute atomic E-state index is 0.0362. The number of nitrogens with one attached hydrogen (secondary N) is 2.